The second-order valence-corrected chi connectivity index (χ2v) is 6.05. The van der Waals surface area contributed by atoms with Crippen LogP contribution in [0.3, 0.4) is 0 Å². The number of carbonyl (C=O) groups excluding carboxylic acids is 2. The first-order valence-electron chi connectivity index (χ1n) is 6.67. The summed E-state index contributed by atoms with van der Waals surface area (Å²) in [6.07, 6.45) is 1.45. The number of carbonyl (C=O) groups is 2. The van der Waals surface area contributed by atoms with Gasteiger partial charge >= 0.3 is 0 Å². The van der Waals surface area contributed by atoms with Crippen molar-refractivity contribution in [2.24, 2.45) is 5.10 Å². The molecule has 0 aliphatic rings. The maximum atomic E-state index is 12.0. The van der Waals surface area contributed by atoms with Crippen molar-refractivity contribution >= 4 is 52.2 Å². The standard InChI is InChI=1S/C16H13ClIN3O2/c17-13-7-3-1-5-11(13)9-20-21-15(22)10-19-16(23)12-6-2-4-8-14(12)18/h1-9H,10H2,(H,19,23)(H,21,22)/b20-9+. The van der Waals surface area contributed by atoms with E-state index in [1.807, 2.05) is 18.2 Å². The lowest BCUT2D eigenvalue weighted by atomic mass is 10.2. The summed E-state index contributed by atoms with van der Waals surface area (Å²) in [4.78, 5) is 23.6. The van der Waals surface area contributed by atoms with E-state index in [0.29, 0.717) is 16.1 Å². The Bertz CT molecular complexity index is 750. The second kappa shape index (κ2) is 8.64. The van der Waals surface area contributed by atoms with E-state index < -0.39 is 5.91 Å². The molecule has 0 radical (unpaired) electrons. The fraction of sp³-hybridized carbons (Fsp3) is 0.0625. The molecule has 2 rings (SSSR count). The van der Waals surface area contributed by atoms with Gasteiger partial charge in [-0.25, -0.2) is 5.43 Å². The van der Waals surface area contributed by atoms with Gasteiger partial charge in [-0.2, -0.15) is 5.10 Å². The minimum Gasteiger partial charge on any atom is -0.343 e. The fourth-order valence-electron chi connectivity index (χ4n) is 1.69. The average Bonchev–Trinajstić information content (AvgIpc) is 2.55. The Morgan fingerprint density at radius 1 is 1.13 bits per heavy atom. The van der Waals surface area contributed by atoms with Crippen LogP contribution in [0.2, 0.25) is 5.02 Å². The van der Waals surface area contributed by atoms with Gasteiger partial charge in [-0.05, 0) is 40.8 Å². The van der Waals surface area contributed by atoms with Crippen molar-refractivity contribution in [2.75, 3.05) is 6.54 Å². The second-order valence-electron chi connectivity index (χ2n) is 4.48. The van der Waals surface area contributed by atoms with Crippen LogP contribution in [0, 0.1) is 3.57 Å². The number of halogens is 2. The van der Waals surface area contributed by atoms with Crippen molar-refractivity contribution in [1.82, 2.24) is 10.7 Å². The molecule has 0 bridgehead atoms. The maximum Gasteiger partial charge on any atom is 0.259 e. The van der Waals surface area contributed by atoms with Crippen molar-refractivity contribution in [3.05, 3.63) is 68.3 Å². The molecule has 0 unspecified atom stereocenters. The lowest BCUT2D eigenvalue weighted by Crippen LogP contribution is -2.35. The van der Waals surface area contributed by atoms with Crippen LogP contribution in [0.15, 0.2) is 53.6 Å². The first-order valence-corrected chi connectivity index (χ1v) is 8.13. The largest absolute Gasteiger partial charge is 0.343 e. The number of hydrazone groups is 1. The van der Waals surface area contributed by atoms with E-state index in [9.17, 15) is 9.59 Å². The van der Waals surface area contributed by atoms with E-state index in [2.05, 4.69) is 38.4 Å². The summed E-state index contributed by atoms with van der Waals surface area (Å²) in [6, 6.07) is 14.3. The molecule has 23 heavy (non-hydrogen) atoms. The van der Waals surface area contributed by atoms with Gasteiger partial charge < -0.3 is 5.32 Å². The van der Waals surface area contributed by atoms with Crippen molar-refractivity contribution in [1.29, 1.82) is 0 Å². The van der Waals surface area contributed by atoms with E-state index in [4.69, 9.17) is 11.6 Å². The summed E-state index contributed by atoms with van der Waals surface area (Å²) < 4.78 is 0.819. The van der Waals surface area contributed by atoms with E-state index in [1.165, 1.54) is 6.21 Å². The molecular formula is C16H13ClIN3O2. The van der Waals surface area contributed by atoms with Gasteiger partial charge in [0.1, 0.15) is 0 Å². The minimum atomic E-state index is -0.424. The monoisotopic (exact) mass is 441 g/mol. The quantitative estimate of drug-likeness (QED) is 0.426. The van der Waals surface area contributed by atoms with Crippen molar-refractivity contribution in [3.8, 4) is 0 Å². The topological polar surface area (TPSA) is 70.6 Å². The Labute approximate surface area is 152 Å². The molecule has 2 N–H and O–H groups in total. The third-order valence-electron chi connectivity index (χ3n) is 2.83. The highest BCUT2D eigenvalue weighted by Crippen LogP contribution is 2.12. The molecule has 7 heteroatoms. The molecule has 5 nitrogen and oxygen atoms in total. The summed E-state index contributed by atoms with van der Waals surface area (Å²) in [6.45, 7) is -0.163. The SMILES string of the molecule is O=C(CNC(=O)c1ccccc1I)N/N=C/c1ccccc1Cl. The average molecular weight is 442 g/mol. The molecule has 0 fully saturated rings. The van der Waals surface area contributed by atoms with Crippen molar-refractivity contribution < 1.29 is 9.59 Å². The summed E-state index contributed by atoms with van der Waals surface area (Å²) in [5.74, 6) is -0.729. The fourth-order valence-corrected chi connectivity index (χ4v) is 2.51. The van der Waals surface area contributed by atoms with Gasteiger partial charge in [0.05, 0.1) is 18.3 Å². The summed E-state index contributed by atoms with van der Waals surface area (Å²) in [5.41, 5.74) is 3.56. The summed E-state index contributed by atoms with van der Waals surface area (Å²) in [5, 5.41) is 6.89. The molecule has 0 aliphatic heterocycles. The molecule has 0 saturated carbocycles. The van der Waals surface area contributed by atoms with Crippen LogP contribution in [0.25, 0.3) is 0 Å². The number of nitrogens with one attached hydrogen (secondary N) is 2. The van der Waals surface area contributed by atoms with E-state index in [-0.39, 0.29) is 12.5 Å². The molecule has 0 heterocycles. The number of hydrogen-bond acceptors (Lipinski definition) is 3. The Hall–Kier alpha value is -1.93. The van der Waals surface area contributed by atoms with Gasteiger partial charge in [0, 0.05) is 14.2 Å². The molecule has 0 aliphatic carbocycles. The van der Waals surface area contributed by atoms with Crippen LogP contribution in [0.5, 0.6) is 0 Å². The highest BCUT2D eigenvalue weighted by molar-refractivity contribution is 14.1. The zero-order chi connectivity index (χ0) is 16.7. The normalized spacial score (nSPS) is 10.5. The predicted molar refractivity (Wildman–Crippen MR) is 98.7 cm³/mol. The zero-order valence-corrected chi connectivity index (χ0v) is 14.8. The Morgan fingerprint density at radius 3 is 2.57 bits per heavy atom. The van der Waals surface area contributed by atoms with E-state index in [0.717, 1.165) is 3.57 Å². The molecule has 2 aromatic rings. The van der Waals surface area contributed by atoms with Crippen LogP contribution in [0.4, 0.5) is 0 Å². The highest BCUT2D eigenvalue weighted by Gasteiger charge is 2.10. The molecule has 0 spiro atoms. The first-order chi connectivity index (χ1) is 11.1. The van der Waals surface area contributed by atoms with Gasteiger partial charge in [-0.15, -0.1) is 0 Å². The van der Waals surface area contributed by atoms with Gasteiger partial charge in [-0.1, -0.05) is 41.9 Å². The van der Waals surface area contributed by atoms with E-state index in [1.54, 1.807) is 30.3 Å². The molecular weight excluding hydrogens is 429 g/mol. The minimum absolute atomic E-state index is 0.163. The third-order valence-corrected chi connectivity index (χ3v) is 4.11. The Balaban J connectivity index is 1.83. The zero-order valence-electron chi connectivity index (χ0n) is 11.9. The lowest BCUT2D eigenvalue weighted by Gasteiger charge is -2.05. The summed E-state index contributed by atoms with van der Waals surface area (Å²) >= 11 is 8.03. The molecule has 118 valence electrons. The maximum absolute atomic E-state index is 12.0. The number of rotatable bonds is 5. The van der Waals surface area contributed by atoms with E-state index >= 15 is 0 Å². The van der Waals surface area contributed by atoms with Crippen molar-refractivity contribution in [2.45, 2.75) is 0 Å². The van der Waals surface area contributed by atoms with Gasteiger partial charge in [-0.3, -0.25) is 9.59 Å². The number of benzene rings is 2. The van der Waals surface area contributed by atoms with Crippen LogP contribution in [-0.2, 0) is 4.79 Å². The first kappa shape index (κ1) is 17.4. The molecule has 2 aromatic carbocycles. The predicted octanol–water partition coefficient (Wildman–Crippen LogP) is 2.82. The lowest BCUT2D eigenvalue weighted by molar-refractivity contribution is -0.120. The molecule has 2 amide bonds. The number of amides is 2. The van der Waals surface area contributed by atoms with Gasteiger partial charge in [0.2, 0.25) is 0 Å². The molecule has 0 atom stereocenters. The molecule has 0 aromatic heterocycles. The molecule has 0 saturated heterocycles. The highest BCUT2D eigenvalue weighted by atomic mass is 127. The number of hydrogen-bond donors (Lipinski definition) is 2. The van der Waals surface area contributed by atoms with Gasteiger partial charge in [0.25, 0.3) is 11.8 Å². The van der Waals surface area contributed by atoms with Crippen molar-refractivity contribution in [3.63, 3.8) is 0 Å². The summed E-state index contributed by atoms with van der Waals surface area (Å²) in [7, 11) is 0. The van der Waals surface area contributed by atoms with Crippen LogP contribution in [0.1, 0.15) is 15.9 Å². The van der Waals surface area contributed by atoms with Crippen LogP contribution >= 0.6 is 34.2 Å². The van der Waals surface area contributed by atoms with Crippen LogP contribution in [-0.4, -0.2) is 24.6 Å². The Kier molecular flexibility index (Phi) is 6.54. The van der Waals surface area contributed by atoms with Crippen LogP contribution < -0.4 is 10.7 Å². The smallest absolute Gasteiger partial charge is 0.259 e. The third kappa shape index (κ3) is 5.33. The van der Waals surface area contributed by atoms with Gasteiger partial charge in [0.15, 0.2) is 0 Å². The number of nitrogens with zero attached hydrogens (tertiary/aromatic N) is 1. The Morgan fingerprint density at radius 2 is 1.83 bits per heavy atom.